The highest BCUT2D eigenvalue weighted by Gasteiger charge is 2.41. The maximum Gasteiger partial charge on any atom is 0.250 e. The van der Waals surface area contributed by atoms with Crippen LogP contribution in [-0.2, 0) is 17.9 Å². The van der Waals surface area contributed by atoms with Crippen molar-refractivity contribution in [3.63, 3.8) is 0 Å². The van der Waals surface area contributed by atoms with E-state index in [0.717, 1.165) is 11.1 Å². The zero-order chi connectivity index (χ0) is 16.8. The monoisotopic (exact) mass is 331 g/mol. The molecule has 0 saturated heterocycles. The summed E-state index contributed by atoms with van der Waals surface area (Å²) in [5.41, 5.74) is 2.16. The van der Waals surface area contributed by atoms with Crippen LogP contribution in [0.2, 0.25) is 0 Å². The number of benzene rings is 2. The van der Waals surface area contributed by atoms with Crippen molar-refractivity contribution in [2.45, 2.75) is 50.5 Å². The Hall–Kier alpha value is -1.78. The molecule has 2 atom stereocenters. The van der Waals surface area contributed by atoms with Gasteiger partial charge in [0.05, 0.1) is 12.7 Å². The van der Waals surface area contributed by atoms with Crippen molar-refractivity contribution < 1.29 is 13.5 Å². The van der Waals surface area contributed by atoms with Crippen LogP contribution >= 0.6 is 0 Å². The molecule has 1 N–H and O–H groups in total. The first-order valence-electron chi connectivity index (χ1n) is 8.43. The van der Waals surface area contributed by atoms with Gasteiger partial charge in [0.2, 0.25) is 0 Å². The summed E-state index contributed by atoms with van der Waals surface area (Å²) in [7, 11) is 0. The zero-order valence-corrected chi connectivity index (χ0v) is 13.6. The van der Waals surface area contributed by atoms with Gasteiger partial charge in [-0.25, -0.2) is 8.78 Å². The van der Waals surface area contributed by atoms with Gasteiger partial charge >= 0.3 is 0 Å². The van der Waals surface area contributed by atoms with Crippen molar-refractivity contribution in [2.24, 2.45) is 0 Å². The third-order valence-electron chi connectivity index (χ3n) is 4.49. The van der Waals surface area contributed by atoms with Gasteiger partial charge in [0.1, 0.15) is 0 Å². The molecule has 1 saturated carbocycles. The number of halogens is 2. The molecule has 24 heavy (non-hydrogen) atoms. The first kappa shape index (κ1) is 17.1. The minimum Gasteiger partial charge on any atom is -0.372 e. The molecule has 128 valence electrons. The van der Waals surface area contributed by atoms with E-state index in [-0.39, 0.29) is 18.9 Å². The lowest BCUT2D eigenvalue weighted by Crippen LogP contribution is -2.48. The molecule has 0 amide bonds. The van der Waals surface area contributed by atoms with Gasteiger partial charge < -0.3 is 10.1 Å². The summed E-state index contributed by atoms with van der Waals surface area (Å²) in [6, 6.07) is 19.6. The standard InChI is InChI=1S/C20H23F2NO/c21-20(22)12-11-18(23-14-16-7-3-1-4-8-16)19(13-20)24-15-17-9-5-2-6-10-17/h1-10,18-19,23H,11-15H2/t18-,19+/m1/s1. The van der Waals surface area contributed by atoms with Crippen molar-refractivity contribution in [3.05, 3.63) is 71.8 Å². The summed E-state index contributed by atoms with van der Waals surface area (Å²) in [5, 5.41) is 3.40. The van der Waals surface area contributed by atoms with Gasteiger partial charge in [-0.2, -0.15) is 0 Å². The van der Waals surface area contributed by atoms with E-state index in [1.807, 2.05) is 60.7 Å². The molecule has 2 aromatic carbocycles. The summed E-state index contributed by atoms with van der Waals surface area (Å²) in [5.74, 6) is -2.63. The van der Waals surface area contributed by atoms with E-state index in [2.05, 4.69) is 5.32 Å². The lowest BCUT2D eigenvalue weighted by molar-refractivity contribution is -0.113. The molecule has 1 fully saturated rings. The Balaban J connectivity index is 1.60. The third kappa shape index (κ3) is 4.86. The minimum absolute atomic E-state index is 0.0476. The third-order valence-corrected chi connectivity index (χ3v) is 4.49. The fourth-order valence-electron chi connectivity index (χ4n) is 3.12. The Bertz CT molecular complexity index is 618. The van der Waals surface area contributed by atoms with E-state index < -0.39 is 12.0 Å². The second kappa shape index (κ2) is 7.86. The highest BCUT2D eigenvalue weighted by atomic mass is 19.3. The maximum atomic E-state index is 13.8. The first-order valence-corrected chi connectivity index (χ1v) is 8.43. The molecule has 4 heteroatoms. The van der Waals surface area contributed by atoms with Crippen LogP contribution in [0.5, 0.6) is 0 Å². The first-order chi connectivity index (χ1) is 11.6. The Morgan fingerprint density at radius 1 is 0.958 bits per heavy atom. The lowest BCUT2D eigenvalue weighted by atomic mass is 9.89. The molecule has 0 spiro atoms. The van der Waals surface area contributed by atoms with Crippen molar-refractivity contribution in [2.75, 3.05) is 0 Å². The summed E-state index contributed by atoms with van der Waals surface area (Å²) in [6.45, 7) is 1.04. The van der Waals surface area contributed by atoms with Gasteiger partial charge in [-0.15, -0.1) is 0 Å². The van der Waals surface area contributed by atoms with E-state index >= 15 is 0 Å². The van der Waals surface area contributed by atoms with Crippen LogP contribution in [0.4, 0.5) is 8.78 Å². The molecule has 0 radical (unpaired) electrons. The van der Waals surface area contributed by atoms with E-state index in [9.17, 15) is 8.78 Å². The van der Waals surface area contributed by atoms with Crippen molar-refractivity contribution in [1.29, 1.82) is 0 Å². The molecule has 0 unspecified atom stereocenters. The van der Waals surface area contributed by atoms with Gasteiger partial charge in [-0.3, -0.25) is 0 Å². The largest absolute Gasteiger partial charge is 0.372 e. The van der Waals surface area contributed by atoms with Crippen molar-refractivity contribution in [3.8, 4) is 0 Å². The van der Waals surface area contributed by atoms with Crippen LogP contribution in [0.15, 0.2) is 60.7 Å². The number of alkyl halides is 2. The predicted octanol–water partition coefficient (Wildman–Crippen LogP) is 4.55. The quantitative estimate of drug-likeness (QED) is 0.838. The molecule has 3 rings (SSSR count). The van der Waals surface area contributed by atoms with Crippen molar-refractivity contribution in [1.82, 2.24) is 5.32 Å². The molecule has 1 aliphatic rings. The van der Waals surface area contributed by atoms with Crippen molar-refractivity contribution >= 4 is 0 Å². The number of hydrogen-bond donors (Lipinski definition) is 1. The summed E-state index contributed by atoms with van der Waals surface area (Å²) < 4.78 is 33.5. The highest BCUT2D eigenvalue weighted by molar-refractivity contribution is 5.15. The van der Waals surface area contributed by atoms with Gasteiger partial charge in [0.25, 0.3) is 5.92 Å². The smallest absolute Gasteiger partial charge is 0.250 e. The van der Waals surface area contributed by atoms with Gasteiger partial charge in [-0.1, -0.05) is 60.7 Å². The Morgan fingerprint density at radius 2 is 1.58 bits per heavy atom. The van der Waals surface area contributed by atoms with E-state index in [1.165, 1.54) is 0 Å². The predicted molar refractivity (Wildman–Crippen MR) is 90.9 cm³/mol. The fraction of sp³-hybridized carbons (Fsp3) is 0.400. The molecule has 0 bridgehead atoms. The molecule has 2 nitrogen and oxygen atoms in total. The van der Waals surface area contributed by atoms with Gasteiger partial charge in [0, 0.05) is 25.4 Å². The van der Waals surface area contributed by atoms with E-state index in [1.54, 1.807) is 0 Å². The van der Waals surface area contributed by atoms with Crippen LogP contribution in [0.25, 0.3) is 0 Å². The molecule has 1 aliphatic carbocycles. The van der Waals surface area contributed by atoms with Crippen LogP contribution in [-0.4, -0.2) is 18.1 Å². The van der Waals surface area contributed by atoms with Crippen LogP contribution in [0.3, 0.4) is 0 Å². The topological polar surface area (TPSA) is 21.3 Å². The Kier molecular flexibility index (Phi) is 5.59. The average Bonchev–Trinajstić information content (AvgIpc) is 2.60. The Labute approximate surface area is 141 Å². The minimum atomic E-state index is -2.63. The number of ether oxygens (including phenoxy) is 1. The summed E-state index contributed by atoms with van der Waals surface area (Å²) in [6.07, 6.45) is -0.339. The van der Waals surface area contributed by atoms with E-state index in [4.69, 9.17) is 4.74 Å². The van der Waals surface area contributed by atoms with Crippen LogP contribution in [0.1, 0.15) is 30.4 Å². The molecular formula is C20H23F2NO. The SMILES string of the molecule is FC1(F)CC[C@@H](NCc2ccccc2)[C@@H](OCc2ccccc2)C1. The second-order valence-corrected chi connectivity index (χ2v) is 6.41. The summed E-state index contributed by atoms with van der Waals surface area (Å²) >= 11 is 0. The van der Waals surface area contributed by atoms with Crippen LogP contribution < -0.4 is 5.32 Å². The summed E-state index contributed by atoms with van der Waals surface area (Å²) in [4.78, 5) is 0. The Morgan fingerprint density at radius 3 is 2.25 bits per heavy atom. The average molecular weight is 331 g/mol. The number of nitrogens with one attached hydrogen (secondary N) is 1. The second-order valence-electron chi connectivity index (χ2n) is 6.41. The molecule has 0 aliphatic heterocycles. The van der Waals surface area contributed by atoms with Crippen LogP contribution in [0, 0.1) is 0 Å². The normalized spacial score (nSPS) is 23.1. The number of rotatable bonds is 6. The molecular weight excluding hydrogens is 308 g/mol. The van der Waals surface area contributed by atoms with E-state index in [0.29, 0.717) is 19.6 Å². The van der Waals surface area contributed by atoms with Gasteiger partial charge in [-0.05, 0) is 17.5 Å². The number of hydrogen-bond acceptors (Lipinski definition) is 2. The fourth-order valence-corrected chi connectivity index (χ4v) is 3.12. The molecule has 0 aromatic heterocycles. The zero-order valence-electron chi connectivity index (χ0n) is 13.6. The highest BCUT2D eigenvalue weighted by Crippen LogP contribution is 2.35. The van der Waals surface area contributed by atoms with Gasteiger partial charge in [0.15, 0.2) is 0 Å². The molecule has 0 heterocycles. The lowest BCUT2D eigenvalue weighted by Gasteiger charge is -2.36. The maximum absolute atomic E-state index is 13.8. The molecule has 2 aromatic rings.